The van der Waals surface area contributed by atoms with Crippen LogP contribution in [0, 0.1) is 11.3 Å². The van der Waals surface area contributed by atoms with Gasteiger partial charge >= 0.3 is 0 Å². The number of nitriles is 1. The van der Waals surface area contributed by atoms with Crippen LogP contribution in [0.15, 0.2) is 66.0 Å². The summed E-state index contributed by atoms with van der Waals surface area (Å²) in [6, 6.07) is 20.5. The highest BCUT2D eigenvalue weighted by Gasteiger charge is 2.03. The third-order valence-electron chi connectivity index (χ3n) is 3.78. The van der Waals surface area contributed by atoms with E-state index in [1.165, 1.54) is 4.88 Å². The van der Waals surface area contributed by atoms with Gasteiger partial charge in [-0.05, 0) is 54.3 Å². The van der Waals surface area contributed by atoms with Crippen LogP contribution in [0.25, 0.3) is 0 Å². The molecule has 0 spiro atoms. The minimum Gasteiger partial charge on any atom is -0.457 e. The van der Waals surface area contributed by atoms with Crippen LogP contribution >= 0.6 is 11.3 Å². The Morgan fingerprint density at radius 3 is 2.67 bits per heavy atom. The molecule has 3 aromatic rings. The Kier molecular flexibility index (Phi) is 6.45. The third-order valence-corrected chi connectivity index (χ3v) is 4.72. The molecule has 2 N–H and O–H groups in total. The van der Waals surface area contributed by atoms with Crippen LogP contribution in [0.2, 0.25) is 0 Å². The summed E-state index contributed by atoms with van der Waals surface area (Å²) in [6.07, 6.45) is 0.845. The van der Waals surface area contributed by atoms with Crippen molar-refractivity contribution in [1.82, 2.24) is 5.32 Å². The maximum absolute atomic E-state index is 12.0. The average Bonchev–Trinajstić information content (AvgIpc) is 3.21. The summed E-state index contributed by atoms with van der Waals surface area (Å²) in [4.78, 5) is 13.2. The molecule has 6 heteroatoms. The number of benzene rings is 2. The Morgan fingerprint density at radius 2 is 1.93 bits per heavy atom. The Bertz CT molecular complexity index is 915. The van der Waals surface area contributed by atoms with Gasteiger partial charge in [0.25, 0.3) is 0 Å². The monoisotopic (exact) mass is 377 g/mol. The standard InChI is InChI=1S/C21H19N3O2S/c22-14-16-6-8-18(9-7-16)26-19-4-1-3-17(13-19)24-15-21(25)23-11-10-20-5-2-12-27-20/h1-9,12-13,24H,10-11,15H2,(H,23,25). The number of amides is 1. The molecule has 0 aliphatic rings. The third kappa shape index (κ3) is 5.87. The van der Waals surface area contributed by atoms with Gasteiger partial charge in [-0.25, -0.2) is 0 Å². The molecule has 1 amide bonds. The van der Waals surface area contributed by atoms with E-state index in [1.54, 1.807) is 35.6 Å². The first-order valence-corrected chi connectivity index (χ1v) is 9.42. The molecule has 0 aliphatic heterocycles. The lowest BCUT2D eigenvalue weighted by molar-refractivity contribution is -0.119. The molecule has 0 saturated heterocycles. The summed E-state index contributed by atoms with van der Waals surface area (Å²) in [6.45, 7) is 0.827. The fraction of sp³-hybridized carbons (Fsp3) is 0.143. The molecule has 136 valence electrons. The SMILES string of the molecule is N#Cc1ccc(Oc2cccc(NCC(=O)NCCc3cccs3)c2)cc1. The molecular formula is C21H19N3O2S. The van der Waals surface area contributed by atoms with Crippen molar-refractivity contribution >= 4 is 22.9 Å². The lowest BCUT2D eigenvalue weighted by Crippen LogP contribution is -2.31. The first-order valence-electron chi connectivity index (χ1n) is 8.54. The van der Waals surface area contributed by atoms with Crippen molar-refractivity contribution in [1.29, 1.82) is 5.26 Å². The molecule has 1 heterocycles. The summed E-state index contributed by atoms with van der Waals surface area (Å²) in [5.41, 5.74) is 1.39. The molecule has 3 rings (SSSR count). The minimum atomic E-state index is -0.0510. The summed E-state index contributed by atoms with van der Waals surface area (Å²) in [5, 5.41) is 16.9. The predicted molar refractivity (Wildman–Crippen MR) is 107 cm³/mol. The van der Waals surface area contributed by atoms with Crippen molar-refractivity contribution in [3.05, 3.63) is 76.5 Å². The van der Waals surface area contributed by atoms with Crippen molar-refractivity contribution in [3.63, 3.8) is 0 Å². The van der Waals surface area contributed by atoms with Crippen molar-refractivity contribution in [2.75, 3.05) is 18.4 Å². The molecule has 1 aromatic heterocycles. The highest BCUT2D eigenvalue weighted by molar-refractivity contribution is 7.09. The van der Waals surface area contributed by atoms with Gasteiger partial charge in [-0.1, -0.05) is 12.1 Å². The predicted octanol–water partition coefficient (Wildman–Crippen LogP) is 4.18. The summed E-state index contributed by atoms with van der Waals surface area (Å²) in [7, 11) is 0. The number of rotatable bonds is 8. The van der Waals surface area contributed by atoms with E-state index < -0.39 is 0 Å². The normalized spacial score (nSPS) is 10.0. The fourth-order valence-electron chi connectivity index (χ4n) is 2.43. The molecule has 5 nitrogen and oxygen atoms in total. The summed E-state index contributed by atoms with van der Waals surface area (Å²) < 4.78 is 5.78. The van der Waals surface area contributed by atoms with Gasteiger partial charge in [0.15, 0.2) is 0 Å². The Balaban J connectivity index is 1.46. The second-order valence-corrected chi connectivity index (χ2v) is 6.83. The van der Waals surface area contributed by atoms with Gasteiger partial charge in [0.2, 0.25) is 5.91 Å². The molecule has 27 heavy (non-hydrogen) atoms. The van der Waals surface area contributed by atoms with Crippen LogP contribution in [-0.4, -0.2) is 19.0 Å². The highest BCUT2D eigenvalue weighted by Crippen LogP contribution is 2.24. The summed E-state index contributed by atoms with van der Waals surface area (Å²) >= 11 is 1.69. The Morgan fingerprint density at radius 1 is 1.07 bits per heavy atom. The van der Waals surface area contributed by atoms with Crippen LogP contribution in [0.5, 0.6) is 11.5 Å². The molecule has 0 aliphatic carbocycles. The van der Waals surface area contributed by atoms with E-state index in [-0.39, 0.29) is 12.5 Å². The van der Waals surface area contributed by atoms with Gasteiger partial charge in [0, 0.05) is 23.2 Å². The van der Waals surface area contributed by atoms with Crippen molar-refractivity contribution in [3.8, 4) is 17.6 Å². The quantitative estimate of drug-likeness (QED) is 0.617. The van der Waals surface area contributed by atoms with E-state index >= 15 is 0 Å². The van der Waals surface area contributed by atoms with Gasteiger partial charge in [-0.3, -0.25) is 4.79 Å². The molecule has 0 fully saturated rings. The van der Waals surface area contributed by atoms with E-state index in [0.29, 0.717) is 23.6 Å². The van der Waals surface area contributed by atoms with Gasteiger partial charge < -0.3 is 15.4 Å². The van der Waals surface area contributed by atoms with Crippen LogP contribution < -0.4 is 15.4 Å². The molecule has 0 unspecified atom stereocenters. The largest absolute Gasteiger partial charge is 0.457 e. The fourth-order valence-corrected chi connectivity index (χ4v) is 3.14. The zero-order valence-corrected chi connectivity index (χ0v) is 15.5. The van der Waals surface area contributed by atoms with Crippen LogP contribution in [0.3, 0.4) is 0 Å². The van der Waals surface area contributed by atoms with Crippen molar-refractivity contribution < 1.29 is 9.53 Å². The van der Waals surface area contributed by atoms with Gasteiger partial charge in [-0.2, -0.15) is 5.26 Å². The van der Waals surface area contributed by atoms with Crippen molar-refractivity contribution in [2.24, 2.45) is 0 Å². The number of nitrogens with one attached hydrogen (secondary N) is 2. The molecule has 0 atom stereocenters. The zero-order chi connectivity index (χ0) is 18.9. The lowest BCUT2D eigenvalue weighted by atomic mass is 10.2. The van der Waals surface area contributed by atoms with Gasteiger partial charge in [0.05, 0.1) is 18.2 Å². The molecule has 0 radical (unpaired) electrons. The lowest BCUT2D eigenvalue weighted by Gasteiger charge is -2.10. The maximum atomic E-state index is 12.0. The second kappa shape index (κ2) is 9.41. The minimum absolute atomic E-state index is 0.0510. The van der Waals surface area contributed by atoms with E-state index in [9.17, 15) is 4.79 Å². The van der Waals surface area contributed by atoms with E-state index in [4.69, 9.17) is 10.00 Å². The number of anilines is 1. The van der Waals surface area contributed by atoms with Crippen LogP contribution in [0.1, 0.15) is 10.4 Å². The average molecular weight is 377 g/mol. The zero-order valence-electron chi connectivity index (χ0n) is 14.6. The molecule has 0 bridgehead atoms. The van der Waals surface area contributed by atoms with E-state index in [2.05, 4.69) is 22.8 Å². The first-order chi connectivity index (χ1) is 13.2. The van der Waals surface area contributed by atoms with Crippen LogP contribution in [-0.2, 0) is 11.2 Å². The van der Waals surface area contributed by atoms with E-state index in [1.807, 2.05) is 35.7 Å². The van der Waals surface area contributed by atoms with Gasteiger partial charge in [0.1, 0.15) is 11.5 Å². The number of carbonyl (C=O) groups is 1. The maximum Gasteiger partial charge on any atom is 0.239 e. The number of carbonyl (C=O) groups excluding carboxylic acids is 1. The first kappa shape index (κ1) is 18.5. The highest BCUT2D eigenvalue weighted by atomic mass is 32.1. The molecular weight excluding hydrogens is 358 g/mol. The van der Waals surface area contributed by atoms with Gasteiger partial charge in [-0.15, -0.1) is 11.3 Å². The Hall–Kier alpha value is -3.30. The number of nitrogens with zero attached hydrogens (tertiary/aromatic N) is 1. The summed E-state index contributed by atoms with van der Waals surface area (Å²) in [5.74, 6) is 1.25. The second-order valence-electron chi connectivity index (χ2n) is 5.80. The van der Waals surface area contributed by atoms with Crippen molar-refractivity contribution in [2.45, 2.75) is 6.42 Å². The number of hydrogen-bond donors (Lipinski definition) is 2. The van der Waals surface area contributed by atoms with Crippen LogP contribution in [0.4, 0.5) is 5.69 Å². The number of thiophene rings is 1. The topological polar surface area (TPSA) is 74.1 Å². The number of ether oxygens (including phenoxy) is 1. The number of hydrogen-bond acceptors (Lipinski definition) is 5. The molecule has 2 aromatic carbocycles. The van der Waals surface area contributed by atoms with E-state index in [0.717, 1.165) is 12.1 Å². The molecule has 0 saturated carbocycles. The smallest absolute Gasteiger partial charge is 0.239 e. The Labute approximate surface area is 162 Å².